The summed E-state index contributed by atoms with van der Waals surface area (Å²) < 4.78 is 0. The molecule has 23 heavy (non-hydrogen) atoms. The minimum Gasteiger partial charge on any atom is -0.398 e. The molecular formula is C21H24N2. The van der Waals surface area contributed by atoms with Gasteiger partial charge in [0, 0.05) is 18.2 Å². The number of rotatable bonds is 4. The van der Waals surface area contributed by atoms with Gasteiger partial charge in [-0.25, -0.2) is 0 Å². The molecule has 0 aromatic heterocycles. The van der Waals surface area contributed by atoms with E-state index in [2.05, 4.69) is 54.7 Å². The maximum atomic E-state index is 6.05. The lowest BCUT2D eigenvalue weighted by Crippen LogP contribution is -2.05. The Labute approximate surface area is 138 Å². The quantitative estimate of drug-likeness (QED) is 0.876. The lowest BCUT2D eigenvalue weighted by Gasteiger charge is -2.21. The largest absolute Gasteiger partial charge is 0.398 e. The van der Waals surface area contributed by atoms with Gasteiger partial charge in [0.15, 0.2) is 0 Å². The third-order valence-electron chi connectivity index (χ3n) is 4.49. The second-order valence-corrected chi connectivity index (χ2v) is 6.05. The molecule has 2 aliphatic carbocycles. The molecule has 0 saturated heterocycles. The van der Waals surface area contributed by atoms with E-state index >= 15 is 0 Å². The molecule has 0 spiro atoms. The van der Waals surface area contributed by atoms with Crippen LogP contribution >= 0.6 is 0 Å². The lowest BCUT2D eigenvalue weighted by atomic mass is 9.84. The molecule has 0 bridgehead atoms. The Morgan fingerprint density at radius 2 is 2.22 bits per heavy atom. The van der Waals surface area contributed by atoms with Crippen molar-refractivity contribution in [3.63, 3.8) is 0 Å². The molecule has 0 amide bonds. The van der Waals surface area contributed by atoms with Gasteiger partial charge in [0.05, 0.1) is 0 Å². The van der Waals surface area contributed by atoms with E-state index in [1.807, 2.05) is 12.1 Å². The van der Waals surface area contributed by atoms with Gasteiger partial charge < -0.3 is 11.5 Å². The number of nitrogens with two attached hydrogens (primary N) is 2. The van der Waals surface area contributed by atoms with Crippen molar-refractivity contribution in [2.24, 2.45) is 17.4 Å². The summed E-state index contributed by atoms with van der Waals surface area (Å²) >= 11 is 0. The molecule has 0 saturated carbocycles. The Kier molecular flexibility index (Phi) is 4.94. The van der Waals surface area contributed by atoms with Crippen molar-refractivity contribution in [1.82, 2.24) is 0 Å². The van der Waals surface area contributed by atoms with Crippen LogP contribution in [0.3, 0.4) is 0 Å². The van der Waals surface area contributed by atoms with Crippen molar-refractivity contribution in [1.29, 1.82) is 0 Å². The number of hydrogen-bond donors (Lipinski definition) is 2. The summed E-state index contributed by atoms with van der Waals surface area (Å²) in [5.41, 5.74) is 17.4. The third-order valence-corrected chi connectivity index (χ3v) is 4.49. The second-order valence-electron chi connectivity index (χ2n) is 6.05. The minimum absolute atomic E-state index is 0.462. The van der Waals surface area contributed by atoms with Gasteiger partial charge in [0.1, 0.15) is 0 Å². The zero-order chi connectivity index (χ0) is 16.1. The molecule has 0 aliphatic heterocycles. The molecule has 2 heteroatoms. The molecule has 4 N–H and O–H groups in total. The highest BCUT2D eigenvalue weighted by Gasteiger charge is 2.15. The first kappa shape index (κ1) is 15.6. The van der Waals surface area contributed by atoms with Gasteiger partial charge in [0.25, 0.3) is 0 Å². The number of allylic oxidation sites excluding steroid dienone is 8. The molecule has 2 aliphatic rings. The van der Waals surface area contributed by atoms with Crippen LogP contribution in [0.2, 0.25) is 0 Å². The summed E-state index contributed by atoms with van der Waals surface area (Å²) in [4.78, 5) is 0. The second kappa shape index (κ2) is 7.30. The maximum absolute atomic E-state index is 6.05. The van der Waals surface area contributed by atoms with E-state index < -0.39 is 0 Å². The molecule has 1 unspecified atom stereocenters. The van der Waals surface area contributed by atoms with Gasteiger partial charge in [-0.05, 0) is 48.1 Å². The highest BCUT2D eigenvalue weighted by molar-refractivity contribution is 5.77. The molecule has 1 aromatic rings. The van der Waals surface area contributed by atoms with E-state index in [9.17, 15) is 0 Å². The fraction of sp³-hybridized carbons (Fsp3) is 0.238. The Hall–Kier alpha value is -2.32. The normalized spacial score (nSPS) is 21.1. The van der Waals surface area contributed by atoms with Crippen molar-refractivity contribution in [2.75, 3.05) is 6.54 Å². The smallest absolute Gasteiger partial charge is 0.0360 e. The van der Waals surface area contributed by atoms with E-state index in [0.717, 1.165) is 17.7 Å². The van der Waals surface area contributed by atoms with Crippen molar-refractivity contribution in [2.45, 2.75) is 19.3 Å². The first-order chi connectivity index (χ1) is 11.3. The lowest BCUT2D eigenvalue weighted by molar-refractivity contribution is 0.713. The van der Waals surface area contributed by atoms with E-state index in [1.54, 1.807) is 5.57 Å². The first-order valence-corrected chi connectivity index (χ1v) is 8.28. The summed E-state index contributed by atoms with van der Waals surface area (Å²) in [6.45, 7) is 0.462. The van der Waals surface area contributed by atoms with E-state index in [0.29, 0.717) is 12.5 Å². The van der Waals surface area contributed by atoms with Crippen LogP contribution in [0.1, 0.15) is 30.4 Å². The van der Waals surface area contributed by atoms with Crippen molar-refractivity contribution in [3.8, 4) is 0 Å². The average molecular weight is 304 g/mol. The van der Waals surface area contributed by atoms with Gasteiger partial charge in [0.2, 0.25) is 0 Å². The van der Waals surface area contributed by atoms with E-state index in [-0.39, 0.29) is 0 Å². The fourth-order valence-corrected chi connectivity index (χ4v) is 3.16. The summed E-state index contributed by atoms with van der Waals surface area (Å²) in [6, 6.07) is 8.36. The Bertz CT molecular complexity index is 717. The minimum atomic E-state index is 0.462. The molecule has 1 aromatic carbocycles. The Balaban J connectivity index is 1.77. The van der Waals surface area contributed by atoms with Gasteiger partial charge in [-0.15, -0.1) is 0 Å². The van der Waals surface area contributed by atoms with Crippen LogP contribution < -0.4 is 11.5 Å². The summed E-state index contributed by atoms with van der Waals surface area (Å²) in [7, 11) is 0. The van der Waals surface area contributed by atoms with Crippen molar-refractivity contribution < 1.29 is 0 Å². The monoisotopic (exact) mass is 304 g/mol. The third kappa shape index (κ3) is 3.72. The predicted molar refractivity (Wildman–Crippen MR) is 99.3 cm³/mol. The van der Waals surface area contributed by atoms with Crippen LogP contribution in [-0.4, -0.2) is 6.54 Å². The van der Waals surface area contributed by atoms with Gasteiger partial charge in [-0.1, -0.05) is 60.2 Å². The molecular weight excluding hydrogens is 280 g/mol. The zero-order valence-electron chi connectivity index (χ0n) is 13.4. The number of benzene rings is 1. The standard InChI is InChI=1S/C21H24N2/c22-14-13-21(23)20-8-4-7-19(15-20)18-11-9-17(10-12-18)16-5-2-1-3-6-16/h1-2,4-5,7-9,11-13,15,17H,3,6,10,14,22-23H2/b21-13-. The first-order valence-electron chi connectivity index (χ1n) is 8.28. The highest BCUT2D eigenvalue weighted by atomic mass is 14.6. The highest BCUT2D eigenvalue weighted by Crippen LogP contribution is 2.31. The summed E-state index contributed by atoms with van der Waals surface area (Å²) in [5, 5.41) is 0. The maximum Gasteiger partial charge on any atom is 0.0360 e. The SMILES string of the molecule is NC/C=C(\N)c1cccc(C2=CCC(C3=CC=CCC3)C=C2)c1. The Morgan fingerprint density at radius 3 is 2.91 bits per heavy atom. The summed E-state index contributed by atoms with van der Waals surface area (Å²) in [6.07, 6.45) is 18.9. The van der Waals surface area contributed by atoms with Crippen LogP contribution in [0, 0.1) is 5.92 Å². The molecule has 0 heterocycles. The molecule has 3 rings (SSSR count). The predicted octanol–water partition coefficient (Wildman–Crippen LogP) is 4.18. The zero-order valence-corrected chi connectivity index (χ0v) is 13.4. The Morgan fingerprint density at radius 1 is 1.30 bits per heavy atom. The molecule has 118 valence electrons. The average Bonchev–Trinajstić information content (AvgIpc) is 2.63. The molecule has 2 nitrogen and oxygen atoms in total. The van der Waals surface area contributed by atoms with Crippen LogP contribution in [0.25, 0.3) is 11.3 Å². The van der Waals surface area contributed by atoms with Crippen LogP contribution in [-0.2, 0) is 0 Å². The van der Waals surface area contributed by atoms with Crippen molar-refractivity contribution in [3.05, 3.63) is 83.5 Å². The molecule has 1 atom stereocenters. The summed E-state index contributed by atoms with van der Waals surface area (Å²) in [5.74, 6) is 0.550. The van der Waals surface area contributed by atoms with Crippen molar-refractivity contribution >= 4 is 11.3 Å². The van der Waals surface area contributed by atoms with Gasteiger partial charge >= 0.3 is 0 Å². The van der Waals surface area contributed by atoms with Crippen LogP contribution in [0.15, 0.2) is 72.4 Å². The van der Waals surface area contributed by atoms with Crippen LogP contribution in [0.5, 0.6) is 0 Å². The van der Waals surface area contributed by atoms with Gasteiger partial charge in [-0.3, -0.25) is 0 Å². The van der Waals surface area contributed by atoms with Gasteiger partial charge in [-0.2, -0.15) is 0 Å². The topological polar surface area (TPSA) is 52.0 Å². The fourth-order valence-electron chi connectivity index (χ4n) is 3.16. The van der Waals surface area contributed by atoms with Crippen LogP contribution in [0.4, 0.5) is 0 Å². The van der Waals surface area contributed by atoms with E-state index in [4.69, 9.17) is 11.5 Å². The van der Waals surface area contributed by atoms with E-state index in [1.165, 1.54) is 24.0 Å². The molecule has 0 radical (unpaired) electrons. The molecule has 0 fully saturated rings. The number of hydrogen-bond acceptors (Lipinski definition) is 2.